The third-order valence-electron chi connectivity index (χ3n) is 7.12. The molecular formula is C30H38N2O10S. The summed E-state index contributed by atoms with van der Waals surface area (Å²) in [5.41, 5.74) is 1.09. The smallest absolute Gasteiger partial charge is 0.334 e. The number of unbranched alkanes of at least 4 members (excludes halogenated alkanes) is 1. The summed E-state index contributed by atoms with van der Waals surface area (Å²) >= 11 is 0. The van der Waals surface area contributed by atoms with Crippen molar-refractivity contribution in [3.05, 3.63) is 89.3 Å². The molecule has 3 unspecified atom stereocenters. The van der Waals surface area contributed by atoms with Gasteiger partial charge in [0.2, 0.25) is 10.0 Å². The van der Waals surface area contributed by atoms with Gasteiger partial charge in [-0.1, -0.05) is 61.9 Å². The molecule has 0 spiro atoms. The molecule has 0 amide bonds. The maximum Gasteiger partial charge on any atom is 0.334 e. The number of para-hydroxylation sites is 1. The van der Waals surface area contributed by atoms with Crippen molar-refractivity contribution in [3.8, 4) is 5.75 Å². The predicted molar refractivity (Wildman–Crippen MR) is 156 cm³/mol. The fraction of sp³-hybridized carbons (Fsp3) is 0.433. The molecule has 2 aliphatic rings. The molecule has 43 heavy (non-hydrogen) atoms. The highest BCUT2D eigenvalue weighted by atomic mass is 32.2. The fourth-order valence-electron chi connectivity index (χ4n) is 4.70. The van der Waals surface area contributed by atoms with Gasteiger partial charge in [0.25, 0.3) is 0 Å². The molecule has 4 rings (SSSR count). The highest BCUT2D eigenvalue weighted by Gasteiger charge is 2.47. The number of esters is 1. The second-order valence-corrected chi connectivity index (χ2v) is 12.2. The van der Waals surface area contributed by atoms with Crippen molar-refractivity contribution in [2.45, 2.75) is 68.7 Å². The van der Waals surface area contributed by atoms with Crippen LogP contribution in [0.25, 0.3) is 0 Å². The molecule has 2 aromatic carbocycles. The van der Waals surface area contributed by atoms with Gasteiger partial charge in [-0.15, -0.1) is 0 Å². The Morgan fingerprint density at radius 3 is 2.33 bits per heavy atom. The number of rotatable bonds is 13. The lowest BCUT2D eigenvalue weighted by atomic mass is 9.99. The number of benzene rings is 2. The van der Waals surface area contributed by atoms with Crippen LogP contribution in [0.2, 0.25) is 0 Å². The van der Waals surface area contributed by atoms with E-state index >= 15 is 0 Å². The second kappa shape index (κ2) is 14.9. The number of carbonyl (C=O) groups is 1. The van der Waals surface area contributed by atoms with Crippen LogP contribution >= 0.6 is 0 Å². The Balaban J connectivity index is 1.69. The van der Waals surface area contributed by atoms with Gasteiger partial charge in [-0.3, -0.25) is 0 Å². The Labute approximate surface area is 250 Å². The third kappa shape index (κ3) is 8.21. The summed E-state index contributed by atoms with van der Waals surface area (Å²) < 4.78 is 47.2. The first kappa shape index (κ1) is 32.6. The van der Waals surface area contributed by atoms with E-state index in [4.69, 9.17) is 14.2 Å². The summed E-state index contributed by atoms with van der Waals surface area (Å²) in [6, 6.07) is 17.6. The monoisotopic (exact) mass is 618 g/mol. The van der Waals surface area contributed by atoms with Crippen LogP contribution in [0, 0.1) is 0 Å². The average molecular weight is 619 g/mol. The quantitative estimate of drug-likeness (QED) is 0.138. The van der Waals surface area contributed by atoms with Gasteiger partial charge in [-0.05, 0) is 30.2 Å². The Kier molecular flexibility index (Phi) is 11.3. The minimum absolute atomic E-state index is 0.000923. The molecule has 6 N–H and O–H groups in total. The number of nitrogens with one attached hydrogen (secondary N) is 2. The first-order valence-electron chi connectivity index (χ1n) is 14.1. The maximum absolute atomic E-state index is 14.0. The molecule has 234 valence electrons. The molecule has 1 fully saturated rings. The van der Waals surface area contributed by atoms with Crippen LogP contribution in [0.3, 0.4) is 0 Å². The molecule has 1 saturated heterocycles. The molecule has 13 heteroatoms. The number of allylic oxidation sites excluding steroid dienone is 1. The van der Waals surface area contributed by atoms with Crippen molar-refractivity contribution < 1.29 is 47.8 Å². The van der Waals surface area contributed by atoms with Crippen molar-refractivity contribution in [3.63, 3.8) is 0 Å². The molecular weight excluding hydrogens is 580 g/mol. The molecule has 0 saturated carbocycles. The standard InChI is InChI=1S/C30H38N2O10S/c1-2-3-14-31-22-15-20(30(37)40-18-19-10-6-4-7-11-19)16-24(28(22)41-21-12-8-5-9-13-21)43(38,39)32-29-27(36)26(35)25(34)23(17-33)42-29/h4-13,15,23-27,29,31-36H,2-3,14,16-18H2,1H3/t23-,24?,25-,26+,27?,29?/m1/s1. The van der Waals surface area contributed by atoms with E-state index in [2.05, 4.69) is 10.0 Å². The lowest BCUT2D eigenvalue weighted by Gasteiger charge is -2.40. The molecule has 0 radical (unpaired) electrons. The van der Waals surface area contributed by atoms with E-state index in [9.17, 15) is 33.6 Å². The third-order valence-corrected chi connectivity index (χ3v) is 8.81. The van der Waals surface area contributed by atoms with Crippen LogP contribution in [0.1, 0.15) is 31.7 Å². The van der Waals surface area contributed by atoms with Crippen molar-refractivity contribution >= 4 is 16.0 Å². The molecule has 1 aliphatic heterocycles. The van der Waals surface area contributed by atoms with E-state index in [1.54, 1.807) is 42.5 Å². The summed E-state index contributed by atoms with van der Waals surface area (Å²) in [6.45, 7) is 1.70. The summed E-state index contributed by atoms with van der Waals surface area (Å²) in [5.74, 6) is -0.367. The molecule has 2 aromatic rings. The van der Waals surface area contributed by atoms with Crippen molar-refractivity contribution in [2.24, 2.45) is 0 Å². The van der Waals surface area contributed by atoms with Gasteiger partial charge in [-0.25, -0.2) is 13.2 Å². The zero-order valence-electron chi connectivity index (χ0n) is 23.7. The van der Waals surface area contributed by atoms with Gasteiger partial charge in [0.1, 0.15) is 54.0 Å². The molecule has 1 aliphatic carbocycles. The summed E-state index contributed by atoms with van der Waals surface area (Å²) in [4.78, 5) is 13.2. The number of hydrogen-bond donors (Lipinski definition) is 6. The van der Waals surface area contributed by atoms with Gasteiger partial charge < -0.3 is 40.0 Å². The Hall–Kier alpha value is -3.30. The van der Waals surface area contributed by atoms with E-state index in [1.807, 2.05) is 25.1 Å². The minimum Gasteiger partial charge on any atom is -0.458 e. The predicted octanol–water partition coefficient (Wildman–Crippen LogP) is 0.828. The topological polar surface area (TPSA) is 184 Å². The van der Waals surface area contributed by atoms with Crippen LogP contribution in [-0.4, -0.2) is 83.9 Å². The highest BCUT2D eigenvalue weighted by molar-refractivity contribution is 7.90. The molecule has 6 atom stereocenters. The number of ether oxygens (including phenoxy) is 3. The van der Waals surface area contributed by atoms with E-state index in [0.29, 0.717) is 12.3 Å². The fourth-order valence-corrected chi connectivity index (χ4v) is 6.23. The van der Waals surface area contributed by atoms with Gasteiger partial charge in [0.05, 0.1) is 12.3 Å². The van der Waals surface area contributed by atoms with E-state index in [0.717, 1.165) is 18.4 Å². The summed E-state index contributed by atoms with van der Waals surface area (Å²) in [7, 11) is -4.54. The number of aliphatic hydroxyl groups is 4. The van der Waals surface area contributed by atoms with Crippen molar-refractivity contribution in [1.82, 2.24) is 10.0 Å². The normalized spacial score (nSPS) is 26.0. The zero-order chi connectivity index (χ0) is 31.0. The molecule has 1 heterocycles. The first-order valence-corrected chi connectivity index (χ1v) is 15.6. The van der Waals surface area contributed by atoms with E-state index in [1.165, 1.54) is 6.08 Å². The van der Waals surface area contributed by atoms with E-state index < -0.39 is 58.5 Å². The average Bonchev–Trinajstić information content (AvgIpc) is 3.01. The summed E-state index contributed by atoms with van der Waals surface area (Å²) in [6.07, 6.45) is -5.59. The molecule has 0 aromatic heterocycles. The molecule has 12 nitrogen and oxygen atoms in total. The van der Waals surface area contributed by atoms with Crippen LogP contribution in [0.5, 0.6) is 5.75 Å². The van der Waals surface area contributed by atoms with Crippen LogP contribution in [0.4, 0.5) is 0 Å². The van der Waals surface area contributed by atoms with Crippen LogP contribution in [0.15, 0.2) is 83.8 Å². The van der Waals surface area contributed by atoms with Crippen molar-refractivity contribution in [1.29, 1.82) is 0 Å². The number of sulfonamides is 1. The Morgan fingerprint density at radius 1 is 1.00 bits per heavy atom. The maximum atomic E-state index is 14.0. The second-order valence-electron chi connectivity index (χ2n) is 10.3. The molecule has 0 bridgehead atoms. The zero-order valence-corrected chi connectivity index (χ0v) is 24.5. The minimum atomic E-state index is -4.54. The largest absolute Gasteiger partial charge is 0.458 e. The number of carbonyl (C=O) groups excluding carboxylic acids is 1. The summed E-state index contributed by atoms with van der Waals surface area (Å²) in [5, 5.41) is 42.1. The lowest BCUT2D eigenvalue weighted by molar-refractivity contribution is -0.231. The lowest BCUT2D eigenvalue weighted by Crippen LogP contribution is -2.64. The number of aliphatic hydroxyl groups excluding tert-OH is 4. The van der Waals surface area contributed by atoms with E-state index in [-0.39, 0.29) is 30.1 Å². The Morgan fingerprint density at radius 2 is 1.67 bits per heavy atom. The van der Waals surface area contributed by atoms with Gasteiger partial charge in [-0.2, -0.15) is 4.72 Å². The Bertz CT molecular complexity index is 1380. The SMILES string of the molecule is CCCCNC1=C(Oc2ccccc2)C(S(=O)(=O)NC2O[C@H](CO)[C@@H](O)[C@H](O)C2O)CC(C(=O)OCc2ccccc2)=C1. The van der Waals surface area contributed by atoms with Crippen molar-refractivity contribution in [2.75, 3.05) is 13.2 Å². The van der Waals surface area contributed by atoms with Gasteiger partial charge in [0, 0.05) is 18.5 Å². The number of hydrogen-bond acceptors (Lipinski definition) is 11. The highest BCUT2D eigenvalue weighted by Crippen LogP contribution is 2.32. The van der Waals surface area contributed by atoms with Crippen LogP contribution < -0.4 is 14.8 Å². The van der Waals surface area contributed by atoms with Crippen LogP contribution in [-0.2, 0) is 30.9 Å². The first-order chi connectivity index (χ1) is 20.6. The van der Waals surface area contributed by atoms with Gasteiger partial charge in [0.15, 0.2) is 0 Å². The van der Waals surface area contributed by atoms with Gasteiger partial charge >= 0.3 is 5.97 Å².